The van der Waals surface area contributed by atoms with E-state index in [0.717, 1.165) is 29.9 Å². The third-order valence-electron chi connectivity index (χ3n) is 6.09. The van der Waals surface area contributed by atoms with Gasteiger partial charge in [0.05, 0.1) is 5.92 Å². The molecular formula is C24H29N3O2. The van der Waals surface area contributed by atoms with Crippen molar-refractivity contribution < 1.29 is 9.59 Å². The van der Waals surface area contributed by atoms with Gasteiger partial charge in [0.25, 0.3) is 0 Å². The molecule has 0 spiro atoms. The van der Waals surface area contributed by atoms with Crippen molar-refractivity contribution in [1.29, 1.82) is 0 Å². The molecule has 5 nitrogen and oxygen atoms in total. The quantitative estimate of drug-likeness (QED) is 0.806. The normalized spacial score (nSPS) is 19.8. The average Bonchev–Trinajstić information content (AvgIpc) is 3.11. The lowest BCUT2D eigenvalue weighted by Crippen LogP contribution is -2.50. The average molecular weight is 392 g/mol. The largest absolute Gasteiger partial charge is 0.368 e. The predicted octanol–water partition coefficient (Wildman–Crippen LogP) is 3.31. The maximum Gasteiger partial charge on any atom is 0.228 e. The second kappa shape index (κ2) is 7.90. The summed E-state index contributed by atoms with van der Waals surface area (Å²) in [7, 11) is 0. The van der Waals surface area contributed by atoms with E-state index in [2.05, 4.69) is 42.2 Å². The second-order valence-electron chi connectivity index (χ2n) is 8.35. The maximum atomic E-state index is 13.1. The first-order valence-electron chi connectivity index (χ1n) is 10.4. The van der Waals surface area contributed by atoms with Crippen LogP contribution in [-0.4, -0.2) is 49.4 Å². The van der Waals surface area contributed by atoms with Gasteiger partial charge in [0, 0.05) is 50.5 Å². The molecule has 2 heterocycles. The standard InChI is InChI=1S/C24H29N3O2/c1-17-5-4-6-21(13-17)25-9-11-26(12-10-25)24(29)20-15-23(28)27(16-20)22-14-18(2)7-8-19(22)3/h4-8,13-14,20H,9-12,15-16H2,1-3H3. The number of piperazine rings is 1. The number of hydrogen-bond acceptors (Lipinski definition) is 3. The maximum absolute atomic E-state index is 13.1. The van der Waals surface area contributed by atoms with Crippen molar-refractivity contribution in [2.75, 3.05) is 42.5 Å². The fourth-order valence-electron chi connectivity index (χ4n) is 4.38. The molecule has 2 fully saturated rings. The Morgan fingerprint density at radius 2 is 1.66 bits per heavy atom. The molecular weight excluding hydrogens is 362 g/mol. The van der Waals surface area contributed by atoms with Crippen molar-refractivity contribution in [3.63, 3.8) is 0 Å². The highest BCUT2D eigenvalue weighted by Crippen LogP contribution is 2.30. The number of aryl methyl sites for hydroxylation is 3. The molecule has 5 heteroatoms. The Morgan fingerprint density at radius 1 is 0.931 bits per heavy atom. The Morgan fingerprint density at radius 3 is 2.38 bits per heavy atom. The van der Waals surface area contributed by atoms with Crippen LogP contribution in [0.5, 0.6) is 0 Å². The molecule has 2 aromatic rings. The third-order valence-corrected chi connectivity index (χ3v) is 6.09. The molecule has 1 unspecified atom stereocenters. The smallest absolute Gasteiger partial charge is 0.228 e. The first-order valence-corrected chi connectivity index (χ1v) is 10.4. The summed E-state index contributed by atoms with van der Waals surface area (Å²) in [4.78, 5) is 31.8. The van der Waals surface area contributed by atoms with Crippen molar-refractivity contribution in [3.8, 4) is 0 Å². The van der Waals surface area contributed by atoms with E-state index < -0.39 is 0 Å². The minimum absolute atomic E-state index is 0.0513. The van der Waals surface area contributed by atoms with Crippen molar-refractivity contribution in [1.82, 2.24) is 4.90 Å². The van der Waals surface area contributed by atoms with Crippen LogP contribution in [0, 0.1) is 26.7 Å². The van der Waals surface area contributed by atoms with Crippen molar-refractivity contribution in [2.24, 2.45) is 5.92 Å². The summed E-state index contributed by atoms with van der Waals surface area (Å²) in [5, 5.41) is 0. The van der Waals surface area contributed by atoms with Crippen LogP contribution in [-0.2, 0) is 9.59 Å². The number of carbonyl (C=O) groups is 2. The zero-order valence-corrected chi connectivity index (χ0v) is 17.5. The molecule has 29 heavy (non-hydrogen) atoms. The van der Waals surface area contributed by atoms with Crippen molar-refractivity contribution in [2.45, 2.75) is 27.2 Å². The van der Waals surface area contributed by atoms with Crippen LogP contribution in [0.1, 0.15) is 23.1 Å². The third kappa shape index (κ3) is 4.00. The molecule has 2 aliphatic rings. The highest BCUT2D eigenvalue weighted by Gasteiger charge is 2.38. The topological polar surface area (TPSA) is 43.9 Å². The molecule has 152 valence electrons. The van der Waals surface area contributed by atoms with Crippen LogP contribution in [0.25, 0.3) is 0 Å². The van der Waals surface area contributed by atoms with Crippen LogP contribution in [0.4, 0.5) is 11.4 Å². The Bertz CT molecular complexity index is 931. The van der Waals surface area contributed by atoms with Gasteiger partial charge in [-0.1, -0.05) is 24.3 Å². The zero-order chi connectivity index (χ0) is 20.5. The monoisotopic (exact) mass is 391 g/mol. The number of amides is 2. The minimum atomic E-state index is -0.243. The summed E-state index contributed by atoms with van der Waals surface area (Å²) in [6, 6.07) is 14.6. The number of rotatable bonds is 3. The van der Waals surface area contributed by atoms with Crippen LogP contribution in [0.2, 0.25) is 0 Å². The molecule has 2 aromatic carbocycles. The van der Waals surface area contributed by atoms with Gasteiger partial charge in [-0.2, -0.15) is 0 Å². The zero-order valence-electron chi connectivity index (χ0n) is 17.5. The lowest BCUT2D eigenvalue weighted by Gasteiger charge is -2.37. The first kappa shape index (κ1) is 19.5. The molecule has 1 atom stereocenters. The summed E-state index contributed by atoms with van der Waals surface area (Å²) < 4.78 is 0. The van der Waals surface area contributed by atoms with Gasteiger partial charge in [0.1, 0.15) is 0 Å². The molecule has 2 amide bonds. The SMILES string of the molecule is Cc1cccc(N2CCN(C(=O)C3CC(=O)N(c4cc(C)ccc4C)C3)CC2)c1. The number of hydrogen-bond donors (Lipinski definition) is 0. The number of nitrogens with zero attached hydrogens (tertiary/aromatic N) is 3. The van der Waals surface area contributed by atoms with Gasteiger partial charge in [-0.25, -0.2) is 0 Å². The van der Waals surface area contributed by atoms with E-state index in [1.165, 1.54) is 11.3 Å². The number of carbonyl (C=O) groups excluding carboxylic acids is 2. The molecule has 4 rings (SSSR count). The van der Waals surface area contributed by atoms with Gasteiger partial charge in [-0.05, 0) is 55.7 Å². The van der Waals surface area contributed by atoms with E-state index in [-0.39, 0.29) is 17.7 Å². The van der Waals surface area contributed by atoms with Gasteiger partial charge < -0.3 is 14.7 Å². The molecule has 0 N–H and O–H groups in total. The fourth-order valence-corrected chi connectivity index (χ4v) is 4.38. The van der Waals surface area contributed by atoms with Crippen LogP contribution in [0.15, 0.2) is 42.5 Å². The highest BCUT2D eigenvalue weighted by molar-refractivity contribution is 6.01. The summed E-state index contributed by atoms with van der Waals surface area (Å²) in [5.74, 6) is -0.0709. The van der Waals surface area contributed by atoms with E-state index in [1.54, 1.807) is 4.90 Å². The fraction of sp³-hybridized carbons (Fsp3) is 0.417. The van der Waals surface area contributed by atoms with E-state index in [4.69, 9.17) is 0 Å². The van der Waals surface area contributed by atoms with Crippen LogP contribution >= 0.6 is 0 Å². The molecule has 0 saturated carbocycles. The van der Waals surface area contributed by atoms with Gasteiger partial charge in [0.15, 0.2) is 0 Å². The molecule has 2 aliphatic heterocycles. The Labute approximate surface area is 172 Å². The Kier molecular flexibility index (Phi) is 5.31. The first-order chi connectivity index (χ1) is 13.9. The molecule has 0 radical (unpaired) electrons. The number of anilines is 2. The van der Waals surface area contributed by atoms with Gasteiger partial charge in [0.2, 0.25) is 11.8 Å². The van der Waals surface area contributed by atoms with Crippen LogP contribution < -0.4 is 9.80 Å². The van der Waals surface area contributed by atoms with E-state index in [9.17, 15) is 9.59 Å². The van der Waals surface area contributed by atoms with Gasteiger partial charge in [-0.3, -0.25) is 9.59 Å². The number of benzene rings is 2. The summed E-state index contributed by atoms with van der Waals surface area (Å²) in [6.45, 7) is 9.71. The predicted molar refractivity (Wildman–Crippen MR) is 116 cm³/mol. The van der Waals surface area contributed by atoms with Gasteiger partial charge >= 0.3 is 0 Å². The van der Waals surface area contributed by atoms with E-state index >= 15 is 0 Å². The van der Waals surface area contributed by atoms with Gasteiger partial charge in [-0.15, -0.1) is 0 Å². The summed E-state index contributed by atoms with van der Waals surface area (Å²) in [5.41, 5.74) is 5.60. The molecule has 0 bridgehead atoms. The molecule has 0 aliphatic carbocycles. The Balaban J connectivity index is 1.39. The van der Waals surface area contributed by atoms with Crippen LogP contribution in [0.3, 0.4) is 0 Å². The van der Waals surface area contributed by atoms with Crippen molar-refractivity contribution >= 4 is 23.2 Å². The Hall–Kier alpha value is -2.82. The molecule has 0 aromatic heterocycles. The molecule has 2 saturated heterocycles. The second-order valence-corrected chi connectivity index (χ2v) is 8.35. The lowest BCUT2D eigenvalue weighted by atomic mass is 10.1. The highest BCUT2D eigenvalue weighted by atomic mass is 16.2. The minimum Gasteiger partial charge on any atom is -0.368 e. The van der Waals surface area contributed by atoms with E-state index in [1.807, 2.05) is 30.9 Å². The summed E-state index contributed by atoms with van der Waals surface area (Å²) in [6.07, 6.45) is 0.310. The lowest BCUT2D eigenvalue weighted by molar-refractivity contribution is -0.136. The van der Waals surface area contributed by atoms with E-state index in [0.29, 0.717) is 26.1 Å². The van der Waals surface area contributed by atoms with Crippen molar-refractivity contribution in [3.05, 3.63) is 59.2 Å². The summed E-state index contributed by atoms with van der Waals surface area (Å²) >= 11 is 0.